The third-order valence-electron chi connectivity index (χ3n) is 1.58. The largest absolute Gasteiger partial charge is 1.00 e. The number of carbonyl (C=O) groups is 1. The van der Waals surface area contributed by atoms with Crippen LogP contribution in [0.5, 0.6) is 0 Å². The molecule has 0 bridgehead atoms. The van der Waals surface area contributed by atoms with Crippen molar-refractivity contribution < 1.29 is 71.9 Å². The van der Waals surface area contributed by atoms with Gasteiger partial charge in [-0.3, -0.25) is 4.57 Å². The van der Waals surface area contributed by atoms with Crippen LogP contribution in [-0.2, 0) is 9.36 Å². The van der Waals surface area contributed by atoms with E-state index in [0.29, 0.717) is 0 Å². The summed E-state index contributed by atoms with van der Waals surface area (Å²) in [7, 11) is -4.89. The topological polar surface area (TPSA) is 121 Å². The fourth-order valence-electron chi connectivity index (χ4n) is 0.671. The van der Waals surface area contributed by atoms with Gasteiger partial charge in [0.1, 0.15) is 0 Å². The number of halogens is 3. The smallest absolute Gasteiger partial charge is 0.756 e. The zero-order valence-electron chi connectivity index (χ0n) is 11.7. The number of phosphoric acid groups is 1. The van der Waals surface area contributed by atoms with Gasteiger partial charge in [0.05, 0.1) is 0 Å². The van der Waals surface area contributed by atoms with E-state index in [1.807, 2.05) is 0 Å². The Balaban J connectivity index is -0.0000000952. The Morgan fingerprint density at radius 1 is 1.15 bits per heavy atom. The monoisotopic (exact) mass is 335 g/mol. The third-order valence-corrected chi connectivity index (χ3v) is 1.58. The van der Waals surface area contributed by atoms with Gasteiger partial charge in [0.25, 0.3) is 7.82 Å². The minimum absolute atomic E-state index is 0. The van der Waals surface area contributed by atoms with E-state index in [4.69, 9.17) is 29.1 Å². The maximum absolute atomic E-state index is 10.6. The first kappa shape index (κ1) is 28.5. The molecule has 0 aliphatic heterocycles. The first-order chi connectivity index (χ1) is 8.29. The van der Waals surface area contributed by atoms with Crippen molar-refractivity contribution >= 4 is 13.8 Å². The molecule has 0 fully saturated rings. The molecule has 12 heteroatoms. The number of carboxylic acid groups (broad SMARTS) is 1. The minimum atomic E-state index is -5.08. The van der Waals surface area contributed by atoms with Gasteiger partial charge in [0, 0.05) is 0 Å². The Kier molecular flexibility index (Phi) is 20.3. The third kappa shape index (κ3) is 36.2. The van der Waals surface area contributed by atoms with Crippen LogP contribution in [0.4, 0.5) is 13.2 Å². The predicted octanol–water partition coefficient (Wildman–Crippen LogP) is -2.58. The summed E-state index contributed by atoms with van der Waals surface area (Å²) in [6, 6.07) is 0. The van der Waals surface area contributed by atoms with Crippen LogP contribution in [0.1, 0.15) is 20.8 Å². The Morgan fingerprint density at radius 3 is 1.30 bits per heavy atom. The van der Waals surface area contributed by atoms with E-state index in [-0.39, 0.29) is 29.6 Å². The summed E-state index contributed by atoms with van der Waals surface area (Å²) in [5, 5.41) is 7.12. The molecule has 118 valence electrons. The Hall–Kier alpha value is 0.330. The first-order valence-corrected chi connectivity index (χ1v) is 6.61. The van der Waals surface area contributed by atoms with Gasteiger partial charge in [0.2, 0.25) is 0 Å². The van der Waals surface area contributed by atoms with Crippen molar-refractivity contribution in [2.45, 2.75) is 26.9 Å². The fraction of sp³-hybridized carbons (Fsp3) is 0.875. The van der Waals surface area contributed by atoms with Gasteiger partial charge in [-0.2, -0.15) is 13.2 Å². The number of hydrogen-bond acceptors (Lipinski definition) is 4. The Bertz CT molecular complexity index is 268. The van der Waals surface area contributed by atoms with Crippen LogP contribution in [0.25, 0.3) is 0 Å². The van der Waals surface area contributed by atoms with Gasteiger partial charge in [-0.05, 0) is 19.6 Å². The zero-order chi connectivity index (χ0) is 16.3. The zero-order valence-corrected chi connectivity index (χ0v) is 14.6. The summed E-state index contributed by atoms with van der Waals surface area (Å²) in [6.45, 7) is 10.1. The fourth-order valence-corrected chi connectivity index (χ4v) is 0.671. The van der Waals surface area contributed by atoms with Crippen molar-refractivity contribution in [1.29, 1.82) is 0 Å². The van der Waals surface area contributed by atoms with Crippen LogP contribution in [0, 0.1) is 0 Å². The first-order valence-electron chi connectivity index (χ1n) is 5.08. The molecule has 0 aromatic heterocycles. The molecule has 0 aliphatic rings. The maximum atomic E-state index is 10.6. The van der Waals surface area contributed by atoms with Gasteiger partial charge in [-0.1, -0.05) is 20.8 Å². The van der Waals surface area contributed by atoms with Crippen molar-refractivity contribution in [2.24, 2.45) is 0 Å². The molecular formula is C8H18F3NNaO6P. The average Bonchev–Trinajstić information content (AvgIpc) is 2.17. The van der Waals surface area contributed by atoms with Gasteiger partial charge in [0.15, 0.2) is 0 Å². The summed E-state index contributed by atoms with van der Waals surface area (Å²) >= 11 is 0. The standard InChI is InChI=1S/C6H15N.C2HF3O2.Na.H3O4P/c1-4-7(5-2)6-3;3-2(4,5)1(6)7;;1-5(2,3)4/h4-6H2,1-3H3;(H,6,7);;(H3,1,2,3,4)/q;;+1;/p-1. The van der Waals surface area contributed by atoms with E-state index in [1.54, 1.807) is 0 Å². The molecule has 3 N–H and O–H groups in total. The molecule has 0 unspecified atom stereocenters. The summed E-state index contributed by atoms with van der Waals surface area (Å²) in [5.41, 5.74) is 0. The number of carboxylic acids is 1. The van der Waals surface area contributed by atoms with Crippen LogP contribution in [0.2, 0.25) is 0 Å². The Labute approximate surface area is 137 Å². The van der Waals surface area contributed by atoms with Crippen LogP contribution >= 0.6 is 7.82 Å². The summed E-state index contributed by atoms with van der Waals surface area (Å²) < 4.78 is 40.5. The average molecular weight is 335 g/mol. The van der Waals surface area contributed by atoms with E-state index in [0.717, 1.165) is 0 Å². The van der Waals surface area contributed by atoms with Gasteiger partial charge < -0.3 is 24.7 Å². The molecule has 0 radical (unpaired) electrons. The van der Waals surface area contributed by atoms with Crippen LogP contribution in [0.3, 0.4) is 0 Å². The van der Waals surface area contributed by atoms with E-state index in [1.165, 1.54) is 19.6 Å². The second kappa shape index (κ2) is 14.3. The molecule has 0 atom stereocenters. The number of alkyl halides is 3. The molecule has 7 nitrogen and oxygen atoms in total. The van der Waals surface area contributed by atoms with Crippen molar-refractivity contribution in [1.82, 2.24) is 4.90 Å². The minimum Gasteiger partial charge on any atom is -0.756 e. The van der Waals surface area contributed by atoms with E-state index in [9.17, 15) is 13.2 Å². The molecule has 0 aromatic carbocycles. The number of rotatable bonds is 3. The molecule has 0 saturated carbocycles. The quantitative estimate of drug-likeness (QED) is 0.383. The van der Waals surface area contributed by atoms with E-state index >= 15 is 0 Å². The normalized spacial score (nSPS) is 10.5. The van der Waals surface area contributed by atoms with Crippen molar-refractivity contribution in [3.05, 3.63) is 0 Å². The second-order valence-electron chi connectivity index (χ2n) is 2.91. The molecule has 0 amide bonds. The van der Waals surface area contributed by atoms with Crippen LogP contribution in [-0.4, -0.2) is 51.6 Å². The molecular weight excluding hydrogens is 317 g/mol. The van der Waals surface area contributed by atoms with E-state index in [2.05, 4.69) is 25.7 Å². The molecule has 0 heterocycles. The summed E-state index contributed by atoms with van der Waals surface area (Å²) in [5.74, 6) is -2.76. The summed E-state index contributed by atoms with van der Waals surface area (Å²) in [4.78, 5) is 34.2. The number of aliphatic carboxylic acids is 1. The second-order valence-corrected chi connectivity index (χ2v) is 3.89. The SMILES string of the molecule is CCN(CC)CC.O=C(O)C(F)(F)F.O=P([O-])(O)O.[Na+]. The molecule has 0 aromatic rings. The number of hydrogen-bond donors (Lipinski definition) is 3. The van der Waals surface area contributed by atoms with Crippen molar-refractivity contribution in [3.63, 3.8) is 0 Å². The van der Waals surface area contributed by atoms with E-state index < -0.39 is 20.0 Å². The molecule has 0 rings (SSSR count). The predicted molar refractivity (Wildman–Crippen MR) is 59.2 cm³/mol. The Morgan fingerprint density at radius 2 is 1.30 bits per heavy atom. The van der Waals surface area contributed by atoms with Crippen molar-refractivity contribution in [2.75, 3.05) is 19.6 Å². The molecule has 0 saturated heterocycles. The van der Waals surface area contributed by atoms with Gasteiger partial charge >= 0.3 is 41.7 Å². The van der Waals surface area contributed by atoms with Crippen molar-refractivity contribution in [3.8, 4) is 0 Å². The maximum Gasteiger partial charge on any atom is 1.00 e. The summed E-state index contributed by atoms with van der Waals surface area (Å²) in [6.07, 6.45) is -5.08. The van der Waals surface area contributed by atoms with Crippen LogP contribution in [0.15, 0.2) is 0 Å². The number of nitrogens with zero attached hydrogens (tertiary/aromatic N) is 1. The molecule has 0 spiro atoms. The van der Waals surface area contributed by atoms with Gasteiger partial charge in [-0.25, -0.2) is 4.79 Å². The van der Waals surface area contributed by atoms with Crippen LogP contribution < -0.4 is 34.5 Å². The molecule has 0 aliphatic carbocycles. The molecule has 20 heavy (non-hydrogen) atoms. The van der Waals surface area contributed by atoms with Gasteiger partial charge in [-0.15, -0.1) is 0 Å².